The van der Waals surface area contributed by atoms with Gasteiger partial charge >= 0.3 is 0 Å². The van der Waals surface area contributed by atoms with Crippen molar-refractivity contribution < 1.29 is 0 Å². The van der Waals surface area contributed by atoms with Crippen LogP contribution in [0.2, 0.25) is 0 Å². The molecular formula is C9H17N. The second-order valence-corrected chi connectivity index (χ2v) is 3.08. The Balaban J connectivity index is 2.02. The molecule has 0 saturated heterocycles. The summed E-state index contributed by atoms with van der Waals surface area (Å²) in [5.74, 6) is 0. The van der Waals surface area contributed by atoms with Gasteiger partial charge in [0.2, 0.25) is 0 Å². The Morgan fingerprint density at radius 1 is 1.20 bits per heavy atom. The Labute approximate surface area is 64.2 Å². The molecule has 0 bridgehead atoms. The first-order valence-corrected chi connectivity index (χ1v) is 4.37. The monoisotopic (exact) mass is 139 g/mol. The molecule has 10 heavy (non-hydrogen) atoms. The van der Waals surface area contributed by atoms with Crippen LogP contribution in [0.15, 0.2) is 0 Å². The molecule has 1 aliphatic carbocycles. The van der Waals surface area contributed by atoms with Crippen LogP contribution in [0.3, 0.4) is 0 Å². The summed E-state index contributed by atoms with van der Waals surface area (Å²) in [5, 5.41) is 3.45. The molecule has 1 saturated carbocycles. The predicted octanol–water partition coefficient (Wildman–Crippen LogP) is 2.01. The number of hydrogen-bond donors (Lipinski definition) is 1. The van der Waals surface area contributed by atoms with Crippen LogP contribution in [0.1, 0.15) is 38.5 Å². The first-order valence-electron chi connectivity index (χ1n) is 4.37. The summed E-state index contributed by atoms with van der Waals surface area (Å²) in [6.07, 6.45) is 7.74. The van der Waals surface area contributed by atoms with Crippen molar-refractivity contribution in [1.29, 1.82) is 0 Å². The first-order chi connectivity index (χ1) is 4.93. The van der Waals surface area contributed by atoms with Crippen molar-refractivity contribution in [3.8, 4) is 0 Å². The lowest BCUT2D eigenvalue weighted by Crippen LogP contribution is -2.31. The van der Waals surface area contributed by atoms with E-state index >= 15 is 0 Å². The van der Waals surface area contributed by atoms with Crippen molar-refractivity contribution in [2.45, 2.75) is 44.6 Å². The lowest BCUT2D eigenvalue weighted by molar-refractivity contribution is 0.376. The van der Waals surface area contributed by atoms with Gasteiger partial charge in [-0.05, 0) is 32.7 Å². The Bertz CT molecular complexity index is 74.8. The average molecular weight is 139 g/mol. The van der Waals surface area contributed by atoms with Gasteiger partial charge in [-0.2, -0.15) is 0 Å². The van der Waals surface area contributed by atoms with Crippen molar-refractivity contribution >= 4 is 0 Å². The standard InChI is InChI=1S/C9H17N/c1-2-8-10-9-6-4-3-5-7-9/h1,9-10H,2-8H2. The van der Waals surface area contributed by atoms with Crippen molar-refractivity contribution in [2.75, 3.05) is 6.54 Å². The summed E-state index contributed by atoms with van der Waals surface area (Å²) in [6.45, 7) is 6.37. The molecule has 1 nitrogen and oxygen atoms in total. The third-order valence-corrected chi connectivity index (χ3v) is 2.18. The smallest absolute Gasteiger partial charge is 0.00670 e. The van der Waals surface area contributed by atoms with E-state index < -0.39 is 0 Å². The van der Waals surface area contributed by atoms with Crippen LogP contribution >= 0.6 is 0 Å². The molecule has 1 fully saturated rings. The highest BCUT2D eigenvalue weighted by atomic mass is 14.9. The fraction of sp³-hybridized carbons (Fsp3) is 0.889. The molecule has 0 spiro atoms. The highest BCUT2D eigenvalue weighted by molar-refractivity contribution is 4.71. The zero-order valence-electron chi connectivity index (χ0n) is 6.60. The zero-order valence-corrected chi connectivity index (χ0v) is 6.60. The predicted molar refractivity (Wildman–Crippen MR) is 43.8 cm³/mol. The van der Waals surface area contributed by atoms with Gasteiger partial charge in [-0.3, -0.25) is 0 Å². The molecule has 0 amide bonds. The minimum atomic E-state index is 0.774. The molecule has 0 unspecified atom stereocenters. The fourth-order valence-electron chi connectivity index (χ4n) is 1.59. The lowest BCUT2D eigenvalue weighted by atomic mass is 9.95. The van der Waals surface area contributed by atoms with Crippen LogP contribution in [0, 0.1) is 6.92 Å². The van der Waals surface area contributed by atoms with E-state index in [1.165, 1.54) is 32.1 Å². The average Bonchev–Trinajstić information content (AvgIpc) is 2.03. The molecule has 0 heterocycles. The molecule has 0 aliphatic heterocycles. The molecule has 58 valence electrons. The molecular weight excluding hydrogens is 122 g/mol. The van der Waals surface area contributed by atoms with Crippen molar-refractivity contribution in [3.05, 3.63) is 6.92 Å². The normalized spacial score (nSPS) is 21.3. The minimum absolute atomic E-state index is 0.774. The van der Waals surface area contributed by atoms with Gasteiger partial charge in [-0.1, -0.05) is 19.3 Å². The van der Waals surface area contributed by atoms with Crippen LogP contribution in [0.25, 0.3) is 0 Å². The Morgan fingerprint density at radius 3 is 2.50 bits per heavy atom. The summed E-state index contributed by atoms with van der Waals surface area (Å²) >= 11 is 0. The van der Waals surface area contributed by atoms with E-state index in [0.29, 0.717) is 0 Å². The molecule has 2 radical (unpaired) electrons. The van der Waals surface area contributed by atoms with Crippen molar-refractivity contribution in [2.24, 2.45) is 0 Å². The van der Waals surface area contributed by atoms with Gasteiger partial charge in [0.25, 0.3) is 0 Å². The van der Waals surface area contributed by atoms with Gasteiger partial charge < -0.3 is 5.32 Å². The van der Waals surface area contributed by atoms with Crippen LogP contribution < -0.4 is 5.32 Å². The van der Waals surface area contributed by atoms with Gasteiger partial charge in [0.15, 0.2) is 0 Å². The van der Waals surface area contributed by atoms with Gasteiger partial charge in [0.1, 0.15) is 0 Å². The maximum atomic E-state index is 5.38. The molecule has 1 aliphatic rings. The summed E-state index contributed by atoms with van der Waals surface area (Å²) in [7, 11) is 0. The number of nitrogens with one attached hydrogen (secondary N) is 1. The van der Waals surface area contributed by atoms with E-state index in [4.69, 9.17) is 6.92 Å². The Kier molecular flexibility index (Phi) is 3.81. The second-order valence-electron chi connectivity index (χ2n) is 3.08. The van der Waals surface area contributed by atoms with Crippen molar-refractivity contribution in [3.63, 3.8) is 0 Å². The number of hydrogen-bond acceptors (Lipinski definition) is 1. The summed E-state index contributed by atoms with van der Waals surface area (Å²) in [6, 6.07) is 0.775. The summed E-state index contributed by atoms with van der Waals surface area (Å²) in [5.41, 5.74) is 0. The van der Waals surface area contributed by atoms with Crippen LogP contribution in [-0.2, 0) is 0 Å². The fourth-order valence-corrected chi connectivity index (χ4v) is 1.59. The third kappa shape index (κ3) is 2.70. The lowest BCUT2D eigenvalue weighted by Gasteiger charge is -2.22. The maximum Gasteiger partial charge on any atom is 0.00670 e. The van der Waals surface area contributed by atoms with E-state index in [0.717, 1.165) is 19.0 Å². The maximum absolute atomic E-state index is 5.38. The Hall–Kier alpha value is -0.0400. The van der Waals surface area contributed by atoms with Gasteiger partial charge in [0.05, 0.1) is 0 Å². The van der Waals surface area contributed by atoms with E-state index in [1.807, 2.05) is 0 Å². The van der Waals surface area contributed by atoms with E-state index in [9.17, 15) is 0 Å². The first kappa shape index (κ1) is 8.06. The van der Waals surface area contributed by atoms with Gasteiger partial charge in [0, 0.05) is 6.04 Å². The quantitative estimate of drug-likeness (QED) is 0.630. The number of rotatable bonds is 3. The SMILES string of the molecule is [CH]CCNC1CCCCC1. The second kappa shape index (κ2) is 4.73. The van der Waals surface area contributed by atoms with Crippen LogP contribution in [0.4, 0.5) is 0 Å². The zero-order chi connectivity index (χ0) is 7.23. The van der Waals surface area contributed by atoms with Gasteiger partial charge in [-0.25, -0.2) is 0 Å². The molecule has 1 rings (SSSR count). The topological polar surface area (TPSA) is 12.0 Å². The highest BCUT2D eigenvalue weighted by Crippen LogP contribution is 2.16. The van der Waals surface area contributed by atoms with Crippen LogP contribution in [-0.4, -0.2) is 12.6 Å². The molecule has 0 aromatic heterocycles. The minimum Gasteiger partial charge on any atom is -0.314 e. The summed E-state index contributed by atoms with van der Waals surface area (Å²) in [4.78, 5) is 0. The summed E-state index contributed by atoms with van der Waals surface area (Å²) < 4.78 is 0. The van der Waals surface area contributed by atoms with E-state index in [2.05, 4.69) is 5.32 Å². The molecule has 1 heteroatoms. The molecule has 1 N–H and O–H groups in total. The van der Waals surface area contributed by atoms with E-state index in [-0.39, 0.29) is 0 Å². The largest absolute Gasteiger partial charge is 0.314 e. The third-order valence-electron chi connectivity index (χ3n) is 2.18. The van der Waals surface area contributed by atoms with E-state index in [1.54, 1.807) is 0 Å². The highest BCUT2D eigenvalue weighted by Gasteiger charge is 2.10. The molecule has 0 atom stereocenters. The van der Waals surface area contributed by atoms with Gasteiger partial charge in [-0.15, -0.1) is 0 Å². The molecule has 0 aromatic rings. The Morgan fingerprint density at radius 2 is 1.90 bits per heavy atom. The van der Waals surface area contributed by atoms with Crippen molar-refractivity contribution in [1.82, 2.24) is 5.32 Å². The van der Waals surface area contributed by atoms with Crippen LogP contribution in [0.5, 0.6) is 0 Å². The molecule has 0 aromatic carbocycles.